The molecule has 1 aromatic rings. The van der Waals surface area contributed by atoms with Crippen molar-refractivity contribution in [3.63, 3.8) is 0 Å². The molecule has 1 heterocycles. The van der Waals surface area contributed by atoms with Crippen LogP contribution in [0.1, 0.15) is 39.5 Å². The molecule has 1 saturated carbocycles. The van der Waals surface area contributed by atoms with Gasteiger partial charge in [-0.2, -0.15) is 0 Å². The van der Waals surface area contributed by atoms with Crippen molar-refractivity contribution in [2.75, 3.05) is 17.7 Å². The molecule has 18 heavy (non-hydrogen) atoms. The molecule has 4 nitrogen and oxygen atoms in total. The fourth-order valence-corrected chi connectivity index (χ4v) is 2.88. The van der Waals surface area contributed by atoms with E-state index in [1.807, 2.05) is 13.2 Å². The highest BCUT2D eigenvalue weighted by Gasteiger charge is 2.27. The van der Waals surface area contributed by atoms with Crippen LogP contribution in [-0.2, 0) is 0 Å². The van der Waals surface area contributed by atoms with Gasteiger partial charge in [-0.15, -0.1) is 0 Å². The van der Waals surface area contributed by atoms with Crippen molar-refractivity contribution in [2.24, 2.45) is 11.8 Å². The maximum Gasteiger partial charge on any atom is 0.147 e. The highest BCUT2D eigenvalue weighted by Crippen LogP contribution is 2.31. The van der Waals surface area contributed by atoms with Crippen LogP contribution >= 0.6 is 0 Å². The van der Waals surface area contributed by atoms with Gasteiger partial charge in [0.15, 0.2) is 0 Å². The first-order valence-electron chi connectivity index (χ1n) is 6.97. The fourth-order valence-electron chi connectivity index (χ4n) is 2.88. The maximum absolute atomic E-state index is 4.49. The second-order valence-electron chi connectivity index (χ2n) is 5.48. The van der Waals surface area contributed by atoms with E-state index in [4.69, 9.17) is 0 Å². The minimum absolute atomic E-state index is 0.542. The molecule has 0 amide bonds. The Balaban J connectivity index is 2.05. The van der Waals surface area contributed by atoms with Crippen LogP contribution in [0, 0.1) is 11.8 Å². The Morgan fingerprint density at radius 2 is 1.89 bits per heavy atom. The summed E-state index contributed by atoms with van der Waals surface area (Å²) in [6.45, 7) is 4.64. The van der Waals surface area contributed by atoms with E-state index in [2.05, 4.69) is 34.4 Å². The Bertz CT molecular complexity index is 378. The Morgan fingerprint density at radius 1 is 1.17 bits per heavy atom. The van der Waals surface area contributed by atoms with Crippen molar-refractivity contribution >= 4 is 11.6 Å². The molecule has 2 N–H and O–H groups in total. The molecule has 0 aliphatic heterocycles. The predicted molar refractivity (Wildman–Crippen MR) is 75.8 cm³/mol. The third kappa shape index (κ3) is 3.12. The number of anilines is 2. The van der Waals surface area contributed by atoms with E-state index in [1.54, 1.807) is 6.20 Å². The highest BCUT2D eigenvalue weighted by atomic mass is 15.1. The summed E-state index contributed by atoms with van der Waals surface area (Å²) in [4.78, 5) is 8.70. The Kier molecular flexibility index (Phi) is 4.39. The molecule has 100 valence electrons. The quantitative estimate of drug-likeness (QED) is 0.859. The van der Waals surface area contributed by atoms with Gasteiger partial charge in [-0.05, 0) is 24.7 Å². The Labute approximate surface area is 110 Å². The molecule has 2 unspecified atom stereocenters. The topological polar surface area (TPSA) is 49.8 Å². The van der Waals surface area contributed by atoms with Gasteiger partial charge in [0.25, 0.3) is 0 Å². The first kappa shape index (κ1) is 13.1. The summed E-state index contributed by atoms with van der Waals surface area (Å²) < 4.78 is 0. The standard InChI is InChI=1S/C14H24N4/c1-10(2)11-6-4-5-7-12(11)17-14-9-16-8-13(15-3)18-14/h8-12H,4-7H2,1-3H3,(H2,15,17,18). The zero-order valence-electron chi connectivity index (χ0n) is 11.6. The van der Waals surface area contributed by atoms with Crippen LogP contribution in [0.3, 0.4) is 0 Å². The molecule has 1 aliphatic rings. The smallest absolute Gasteiger partial charge is 0.147 e. The lowest BCUT2D eigenvalue weighted by Crippen LogP contribution is -2.35. The lowest BCUT2D eigenvalue weighted by atomic mass is 9.78. The van der Waals surface area contributed by atoms with E-state index in [0.29, 0.717) is 6.04 Å². The molecule has 0 bridgehead atoms. The third-order valence-corrected chi connectivity index (χ3v) is 3.90. The number of hydrogen-bond donors (Lipinski definition) is 2. The van der Waals surface area contributed by atoms with E-state index in [0.717, 1.165) is 23.5 Å². The van der Waals surface area contributed by atoms with E-state index >= 15 is 0 Å². The van der Waals surface area contributed by atoms with Gasteiger partial charge >= 0.3 is 0 Å². The minimum atomic E-state index is 0.542. The fraction of sp³-hybridized carbons (Fsp3) is 0.714. The SMILES string of the molecule is CNc1cncc(NC2CCCCC2C(C)C)n1. The van der Waals surface area contributed by atoms with Gasteiger partial charge in [0.1, 0.15) is 11.6 Å². The molecule has 1 fully saturated rings. The minimum Gasteiger partial charge on any atom is -0.372 e. The van der Waals surface area contributed by atoms with Crippen LogP contribution in [0.2, 0.25) is 0 Å². The van der Waals surface area contributed by atoms with E-state index in [-0.39, 0.29) is 0 Å². The van der Waals surface area contributed by atoms with Gasteiger partial charge < -0.3 is 10.6 Å². The first-order valence-corrected chi connectivity index (χ1v) is 6.97. The Hall–Kier alpha value is -1.32. The van der Waals surface area contributed by atoms with Crippen LogP contribution in [0.5, 0.6) is 0 Å². The van der Waals surface area contributed by atoms with Crippen LogP contribution in [0.15, 0.2) is 12.4 Å². The summed E-state index contributed by atoms with van der Waals surface area (Å²) in [7, 11) is 1.87. The first-order chi connectivity index (χ1) is 8.70. The van der Waals surface area contributed by atoms with Crippen molar-refractivity contribution in [1.29, 1.82) is 0 Å². The maximum atomic E-state index is 4.49. The van der Waals surface area contributed by atoms with Gasteiger partial charge in [-0.25, -0.2) is 4.98 Å². The molecule has 0 saturated heterocycles. The van der Waals surface area contributed by atoms with E-state index in [1.165, 1.54) is 25.7 Å². The summed E-state index contributed by atoms with van der Waals surface area (Å²) in [6, 6.07) is 0.542. The Morgan fingerprint density at radius 3 is 2.61 bits per heavy atom. The second-order valence-corrected chi connectivity index (χ2v) is 5.48. The number of nitrogens with zero attached hydrogens (tertiary/aromatic N) is 2. The molecule has 0 aromatic carbocycles. The third-order valence-electron chi connectivity index (χ3n) is 3.90. The van der Waals surface area contributed by atoms with Crippen molar-refractivity contribution < 1.29 is 0 Å². The van der Waals surface area contributed by atoms with Crippen molar-refractivity contribution in [3.05, 3.63) is 12.4 Å². The number of aromatic nitrogens is 2. The summed E-state index contributed by atoms with van der Waals surface area (Å²) in [5.74, 6) is 3.18. The lowest BCUT2D eigenvalue weighted by Gasteiger charge is -2.35. The summed E-state index contributed by atoms with van der Waals surface area (Å²) >= 11 is 0. The van der Waals surface area contributed by atoms with Crippen LogP contribution in [-0.4, -0.2) is 23.1 Å². The highest BCUT2D eigenvalue weighted by molar-refractivity contribution is 5.41. The zero-order chi connectivity index (χ0) is 13.0. The van der Waals surface area contributed by atoms with Gasteiger partial charge in [0, 0.05) is 13.1 Å². The van der Waals surface area contributed by atoms with Crippen LogP contribution in [0.25, 0.3) is 0 Å². The summed E-state index contributed by atoms with van der Waals surface area (Å²) in [5.41, 5.74) is 0. The lowest BCUT2D eigenvalue weighted by molar-refractivity contribution is 0.253. The largest absolute Gasteiger partial charge is 0.372 e. The van der Waals surface area contributed by atoms with Gasteiger partial charge in [0.2, 0.25) is 0 Å². The number of hydrogen-bond acceptors (Lipinski definition) is 4. The molecule has 0 spiro atoms. The average molecular weight is 248 g/mol. The molecule has 1 aromatic heterocycles. The number of rotatable bonds is 4. The monoisotopic (exact) mass is 248 g/mol. The summed E-state index contributed by atoms with van der Waals surface area (Å²) in [6.07, 6.45) is 8.81. The van der Waals surface area contributed by atoms with Crippen molar-refractivity contribution in [3.8, 4) is 0 Å². The molecule has 2 rings (SSSR count). The zero-order valence-corrected chi connectivity index (χ0v) is 11.6. The van der Waals surface area contributed by atoms with Gasteiger partial charge in [-0.1, -0.05) is 26.7 Å². The second kappa shape index (κ2) is 6.03. The molecular weight excluding hydrogens is 224 g/mol. The van der Waals surface area contributed by atoms with Crippen LogP contribution in [0.4, 0.5) is 11.6 Å². The molecule has 4 heteroatoms. The van der Waals surface area contributed by atoms with Crippen molar-refractivity contribution in [1.82, 2.24) is 9.97 Å². The van der Waals surface area contributed by atoms with E-state index in [9.17, 15) is 0 Å². The van der Waals surface area contributed by atoms with E-state index < -0.39 is 0 Å². The number of nitrogens with one attached hydrogen (secondary N) is 2. The van der Waals surface area contributed by atoms with Gasteiger partial charge in [0.05, 0.1) is 12.4 Å². The normalized spacial score (nSPS) is 24.0. The van der Waals surface area contributed by atoms with Crippen molar-refractivity contribution in [2.45, 2.75) is 45.6 Å². The molecule has 2 atom stereocenters. The molecular formula is C14H24N4. The van der Waals surface area contributed by atoms with Crippen LogP contribution < -0.4 is 10.6 Å². The predicted octanol–water partition coefficient (Wildman–Crippen LogP) is 3.15. The molecule has 1 aliphatic carbocycles. The average Bonchev–Trinajstić information content (AvgIpc) is 2.39. The summed E-state index contributed by atoms with van der Waals surface area (Å²) in [5, 5.41) is 6.60. The van der Waals surface area contributed by atoms with Gasteiger partial charge in [-0.3, -0.25) is 4.98 Å². The molecule has 0 radical (unpaired) electrons.